The van der Waals surface area contributed by atoms with Gasteiger partial charge in [-0.05, 0) is 35.0 Å². The minimum absolute atomic E-state index is 0.317. The lowest BCUT2D eigenvalue weighted by atomic mass is 10.3. The van der Waals surface area contributed by atoms with Gasteiger partial charge >= 0.3 is 0 Å². The van der Waals surface area contributed by atoms with Crippen LogP contribution in [-0.4, -0.2) is 20.7 Å². The first kappa shape index (κ1) is 14.2. The van der Waals surface area contributed by atoms with Crippen LogP contribution in [0.5, 0.6) is 0 Å². The number of halogens is 1. The zero-order valence-electron chi connectivity index (χ0n) is 10.8. The fourth-order valence-corrected chi connectivity index (χ4v) is 1.88. The minimum Gasteiger partial charge on any atom is -0.304 e. The second-order valence-corrected chi connectivity index (χ2v) is 5.03. The van der Waals surface area contributed by atoms with Crippen molar-refractivity contribution >= 4 is 27.7 Å². The Morgan fingerprint density at radius 2 is 2.35 bits per heavy atom. The second kappa shape index (κ2) is 6.30. The van der Waals surface area contributed by atoms with E-state index >= 15 is 0 Å². The highest BCUT2D eigenvalue weighted by molar-refractivity contribution is 9.10. The quantitative estimate of drug-likeness (QED) is 0.931. The van der Waals surface area contributed by atoms with Crippen LogP contribution in [0.3, 0.4) is 0 Å². The molecule has 0 aliphatic carbocycles. The maximum Gasteiger partial charge on any atom is 0.275 e. The summed E-state index contributed by atoms with van der Waals surface area (Å²) in [5.74, 6) is 0.137. The van der Waals surface area contributed by atoms with Crippen LogP contribution >= 0.6 is 15.9 Å². The molecule has 2 rings (SSSR count). The second-order valence-electron chi connectivity index (χ2n) is 4.12. The number of pyridine rings is 1. The summed E-state index contributed by atoms with van der Waals surface area (Å²) >= 11 is 3.26. The van der Waals surface area contributed by atoms with Crippen molar-refractivity contribution in [1.29, 1.82) is 5.26 Å². The maximum atomic E-state index is 12.0. The number of carbonyl (C=O) groups excluding carboxylic acids is 1. The predicted molar refractivity (Wildman–Crippen MR) is 77.1 cm³/mol. The van der Waals surface area contributed by atoms with Crippen molar-refractivity contribution in [3.63, 3.8) is 0 Å². The minimum atomic E-state index is -0.317. The van der Waals surface area contributed by atoms with Gasteiger partial charge in [-0.1, -0.05) is 0 Å². The summed E-state index contributed by atoms with van der Waals surface area (Å²) in [4.78, 5) is 16.0. The molecule has 1 amide bonds. The number of anilines is 1. The SMILES string of the molecule is Cc1cc(NC(=O)c2ccc(Br)cn2)nn1CCC#N. The average molecular weight is 334 g/mol. The Bertz CT molecular complexity index is 656. The molecule has 0 fully saturated rings. The number of nitrogens with one attached hydrogen (secondary N) is 1. The Morgan fingerprint density at radius 1 is 1.55 bits per heavy atom. The molecule has 20 heavy (non-hydrogen) atoms. The van der Waals surface area contributed by atoms with Crippen LogP contribution in [0.2, 0.25) is 0 Å². The summed E-state index contributed by atoms with van der Waals surface area (Å²) in [6.45, 7) is 2.38. The Labute approximate surface area is 124 Å². The molecule has 7 heteroatoms. The van der Waals surface area contributed by atoms with E-state index in [-0.39, 0.29) is 5.91 Å². The molecule has 2 heterocycles. The fraction of sp³-hybridized carbons (Fsp3) is 0.231. The number of aryl methyl sites for hydroxylation is 2. The number of amides is 1. The van der Waals surface area contributed by atoms with Gasteiger partial charge in [-0.15, -0.1) is 0 Å². The first-order chi connectivity index (χ1) is 9.60. The Morgan fingerprint density at radius 3 is 3.00 bits per heavy atom. The smallest absolute Gasteiger partial charge is 0.275 e. The molecule has 0 saturated carbocycles. The standard InChI is InChI=1S/C13H12BrN5O/c1-9-7-12(18-19(9)6-2-5-15)17-13(20)11-4-3-10(14)8-16-11/h3-4,7-8H,2,6H2,1H3,(H,17,18,20). The number of hydrogen-bond donors (Lipinski definition) is 1. The summed E-state index contributed by atoms with van der Waals surface area (Å²) in [5, 5.41) is 15.5. The lowest BCUT2D eigenvalue weighted by molar-refractivity contribution is 0.102. The Kier molecular flexibility index (Phi) is 4.48. The topological polar surface area (TPSA) is 83.6 Å². The van der Waals surface area contributed by atoms with Crippen LogP contribution in [-0.2, 0) is 6.54 Å². The van der Waals surface area contributed by atoms with Gasteiger partial charge in [0.2, 0.25) is 0 Å². The number of carbonyl (C=O) groups is 1. The van der Waals surface area contributed by atoms with Crippen molar-refractivity contribution in [3.8, 4) is 6.07 Å². The molecule has 0 aliphatic rings. The van der Waals surface area contributed by atoms with Crippen molar-refractivity contribution in [1.82, 2.24) is 14.8 Å². The largest absolute Gasteiger partial charge is 0.304 e. The van der Waals surface area contributed by atoms with Crippen molar-refractivity contribution in [2.24, 2.45) is 0 Å². The lowest BCUT2D eigenvalue weighted by Gasteiger charge is -2.01. The van der Waals surface area contributed by atoms with Crippen LogP contribution in [0.1, 0.15) is 22.6 Å². The first-order valence-corrected chi connectivity index (χ1v) is 6.74. The van der Waals surface area contributed by atoms with Crippen LogP contribution < -0.4 is 5.32 Å². The molecule has 2 aromatic rings. The molecule has 102 valence electrons. The van der Waals surface area contributed by atoms with E-state index in [9.17, 15) is 4.79 Å². The number of aromatic nitrogens is 3. The lowest BCUT2D eigenvalue weighted by Crippen LogP contribution is -2.14. The monoisotopic (exact) mass is 333 g/mol. The fourth-order valence-electron chi connectivity index (χ4n) is 1.64. The van der Waals surface area contributed by atoms with Crippen LogP contribution in [0.15, 0.2) is 28.9 Å². The van der Waals surface area contributed by atoms with Crippen molar-refractivity contribution < 1.29 is 4.79 Å². The van der Waals surface area contributed by atoms with Crippen LogP contribution in [0.25, 0.3) is 0 Å². The molecular formula is C13H12BrN5O. The highest BCUT2D eigenvalue weighted by Gasteiger charge is 2.10. The molecule has 6 nitrogen and oxygen atoms in total. The van der Waals surface area contributed by atoms with E-state index in [0.29, 0.717) is 24.5 Å². The third kappa shape index (κ3) is 3.42. The van der Waals surface area contributed by atoms with Gasteiger partial charge in [-0.25, -0.2) is 4.98 Å². The third-order valence-corrected chi connectivity index (χ3v) is 3.09. The van der Waals surface area contributed by atoms with Gasteiger partial charge in [-0.2, -0.15) is 10.4 Å². The van der Waals surface area contributed by atoms with E-state index in [1.807, 2.05) is 6.92 Å². The van der Waals surface area contributed by atoms with E-state index in [1.54, 1.807) is 29.1 Å². The normalized spacial score (nSPS) is 10.1. The Hall–Kier alpha value is -2.20. The van der Waals surface area contributed by atoms with E-state index in [0.717, 1.165) is 10.2 Å². The molecular weight excluding hydrogens is 322 g/mol. The molecule has 0 aromatic carbocycles. The molecule has 0 radical (unpaired) electrons. The maximum absolute atomic E-state index is 12.0. The highest BCUT2D eigenvalue weighted by atomic mass is 79.9. The van der Waals surface area contributed by atoms with Crippen molar-refractivity contribution in [2.75, 3.05) is 5.32 Å². The van der Waals surface area contributed by atoms with Gasteiger partial charge in [0.05, 0.1) is 19.0 Å². The summed E-state index contributed by atoms with van der Waals surface area (Å²) in [6.07, 6.45) is 1.94. The molecule has 0 bridgehead atoms. The zero-order valence-corrected chi connectivity index (χ0v) is 12.4. The summed E-state index contributed by atoms with van der Waals surface area (Å²) in [6, 6.07) is 7.19. The molecule has 0 saturated heterocycles. The van der Waals surface area contributed by atoms with Gasteiger partial charge in [-0.3, -0.25) is 9.48 Å². The molecule has 0 unspecified atom stereocenters. The molecule has 2 aromatic heterocycles. The molecule has 0 spiro atoms. The molecule has 1 N–H and O–H groups in total. The van der Waals surface area contributed by atoms with Gasteiger partial charge in [0.15, 0.2) is 5.82 Å². The zero-order chi connectivity index (χ0) is 14.5. The predicted octanol–water partition coefficient (Wildman–Crippen LogP) is 2.52. The average Bonchev–Trinajstić information content (AvgIpc) is 2.77. The van der Waals surface area contributed by atoms with Crippen LogP contribution in [0, 0.1) is 18.3 Å². The summed E-state index contributed by atoms with van der Waals surface area (Å²) in [5.41, 5.74) is 1.21. The van der Waals surface area contributed by atoms with Gasteiger partial charge in [0.1, 0.15) is 5.69 Å². The first-order valence-electron chi connectivity index (χ1n) is 5.94. The number of hydrogen-bond acceptors (Lipinski definition) is 4. The molecule has 0 atom stereocenters. The van der Waals surface area contributed by atoms with E-state index in [4.69, 9.17) is 5.26 Å². The number of rotatable bonds is 4. The number of nitriles is 1. The van der Waals surface area contributed by atoms with Gasteiger partial charge in [0, 0.05) is 22.4 Å². The summed E-state index contributed by atoms with van der Waals surface area (Å²) < 4.78 is 2.50. The van der Waals surface area contributed by atoms with E-state index in [1.165, 1.54) is 0 Å². The summed E-state index contributed by atoms with van der Waals surface area (Å²) in [7, 11) is 0. The van der Waals surface area contributed by atoms with Gasteiger partial charge in [0.25, 0.3) is 5.91 Å². The van der Waals surface area contributed by atoms with E-state index in [2.05, 4.69) is 37.4 Å². The highest BCUT2D eigenvalue weighted by Crippen LogP contribution is 2.12. The van der Waals surface area contributed by atoms with Crippen molar-refractivity contribution in [3.05, 3.63) is 40.3 Å². The van der Waals surface area contributed by atoms with Crippen LogP contribution in [0.4, 0.5) is 5.82 Å². The van der Waals surface area contributed by atoms with Crippen molar-refractivity contribution in [2.45, 2.75) is 19.9 Å². The number of nitrogens with zero attached hydrogens (tertiary/aromatic N) is 4. The Balaban J connectivity index is 2.08. The molecule has 0 aliphatic heterocycles. The third-order valence-electron chi connectivity index (χ3n) is 2.62. The van der Waals surface area contributed by atoms with Gasteiger partial charge < -0.3 is 5.32 Å². The van der Waals surface area contributed by atoms with E-state index < -0.39 is 0 Å².